The predicted molar refractivity (Wildman–Crippen MR) is 128 cm³/mol. The minimum atomic E-state index is -3.50. The van der Waals surface area contributed by atoms with Crippen LogP contribution in [0.4, 0.5) is 5.69 Å². The smallest absolute Gasteiger partial charge is 0.258 e. The highest BCUT2D eigenvalue weighted by Crippen LogP contribution is 2.36. The molecular weight excluding hydrogens is 454 g/mol. The highest BCUT2D eigenvalue weighted by Gasteiger charge is 2.36. The van der Waals surface area contributed by atoms with E-state index in [2.05, 4.69) is 5.32 Å². The van der Waals surface area contributed by atoms with Crippen LogP contribution in [0, 0.1) is 0 Å². The number of anilines is 1. The molecule has 178 valence electrons. The number of sulfonamides is 1. The first-order valence-electron chi connectivity index (χ1n) is 11.3. The Hall–Kier alpha value is -3.14. The molecule has 0 bridgehead atoms. The zero-order valence-electron chi connectivity index (χ0n) is 19.1. The number of carbonyl (C=O) groups is 1. The number of fused-ring (bicyclic) bond motifs is 1. The summed E-state index contributed by atoms with van der Waals surface area (Å²) in [6, 6.07) is 17.7. The Labute approximate surface area is 199 Å². The monoisotopic (exact) mass is 481 g/mol. The van der Waals surface area contributed by atoms with Crippen LogP contribution >= 0.6 is 0 Å². The standard InChI is InChI=1S/C25H27N3O5S/c1-27(2)34(30,31)19-11-9-17(10-12-19)22-13-14-23(33-22)24-26-21-8-4-3-7-20(21)25(29)28(24)16-18-6-5-15-32-18/h3-4,7-14,18,24,26H,5-6,15-16H2,1-2H3. The summed E-state index contributed by atoms with van der Waals surface area (Å²) >= 11 is 0. The maximum absolute atomic E-state index is 13.4. The van der Waals surface area contributed by atoms with Gasteiger partial charge in [0.05, 0.1) is 16.6 Å². The van der Waals surface area contributed by atoms with Crippen LogP contribution in [0.1, 0.15) is 35.1 Å². The van der Waals surface area contributed by atoms with Gasteiger partial charge in [0.2, 0.25) is 10.0 Å². The molecule has 2 aromatic carbocycles. The largest absolute Gasteiger partial charge is 0.457 e. The molecule has 1 aromatic heterocycles. The van der Waals surface area contributed by atoms with Gasteiger partial charge in [-0.1, -0.05) is 12.1 Å². The Kier molecular flexibility index (Phi) is 5.93. The molecule has 0 aliphatic carbocycles. The topological polar surface area (TPSA) is 92.1 Å². The first kappa shape index (κ1) is 22.6. The fraction of sp³-hybridized carbons (Fsp3) is 0.320. The molecule has 34 heavy (non-hydrogen) atoms. The number of para-hydroxylation sites is 1. The first-order chi connectivity index (χ1) is 16.3. The lowest BCUT2D eigenvalue weighted by atomic mass is 10.1. The van der Waals surface area contributed by atoms with Gasteiger partial charge in [0, 0.05) is 38.5 Å². The molecular formula is C25H27N3O5S. The second-order valence-corrected chi connectivity index (χ2v) is 10.9. The molecule has 2 atom stereocenters. The molecule has 1 amide bonds. The van der Waals surface area contributed by atoms with E-state index in [0.717, 1.165) is 24.1 Å². The number of amides is 1. The molecule has 3 heterocycles. The van der Waals surface area contributed by atoms with Crippen molar-refractivity contribution in [1.82, 2.24) is 9.21 Å². The number of benzene rings is 2. The highest BCUT2D eigenvalue weighted by atomic mass is 32.2. The fourth-order valence-corrected chi connectivity index (χ4v) is 5.27. The Morgan fingerprint density at radius 1 is 1.06 bits per heavy atom. The molecule has 1 N–H and O–H groups in total. The summed E-state index contributed by atoms with van der Waals surface area (Å²) in [5.74, 6) is 1.13. The summed E-state index contributed by atoms with van der Waals surface area (Å²) in [4.78, 5) is 15.4. The lowest BCUT2D eigenvalue weighted by Crippen LogP contribution is -2.46. The molecule has 0 saturated carbocycles. The van der Waals surface area contributed by atoms with Crippen LogP contribution in [0.2, 0.25) is 0 Å². The van der Waals surface area contributed by atoms with Gasteiger partial charge in [-0.15, -0.1) is 0 Å². The number of hydrogen-bond acceptors (Lipinski definition) is 6. The Bertz CT molecular complexity index is 1290. The van der Waals surface area contributed by atoms with E-state index in [1.807, 2.05) is 36.4 Å². The number of furan rings is 1. The second-order valence-electron chi connectivity index (χ2n) is 8.70. The third kappa shape index (κ3) is 4.11. The number of nitrogens with zero attached hydrogens (tertiary/aromatic N) is 2. The Morgan fingerprint density at radius 2 is 1.82 bits per heavy atom. The van der Waals surface area contributed by atoms with E-state index in [-0.39, 0.29) is 16.9 Å². The molecule has 0 radical (unpaired) electrons. The summed E-state index contributed by atoms with van der Waals surface area (Å²) in [6.07, 6.45) is 1.43. The average Bonchev–Trinajstić information content (AvgIpc) is 3.53. The van der Waals surface area contributed by atoms with Gasteiger partial charge in [-0.25, -0.2) is 12.7 Å². The van der Waals surface area contributed by atoms with E-state index in [4.69, 9.17) is 9.15 Å². The second kappa shape index (κ2) is 8.90. The maximum Gasteiger partial charge on any atom is 0.258 e. The minimum absolute atomic E-state index is 0.000801. The van der Waals surface area contributed by atoms with Crippen molar-refractivity contribution in [2.45, 2.75) is 30.0 Å². The summed E-state index contributed by atoms with van der Waals surface area (Å²) < 4.78 is 37.9. The fourth-order valence-electron chi connectivity index (χ4n) is 4.37. The van der Waals surface area contributed by atoms with Crippen molar-refractivity contribution in [2.75, 3.05) is 32.6 Å². The zero-order valence-corrected chi connectivity index (χ0v) is 19.9. The van der Waals surface area contributed by atoms with Crippen LogP contribution in [0.25, 0.3) is 11.3 Å². The molecule has 5 rings (SSSR count). The normalized spacial score (nSPS) is 20.4. The summed E-state index contributed by atoms with van der Waals surface area (Å²) in [6.45, 7) is 1.18. The van der Waals surface area contributed by atoms with Crippen LogP contribution in [0.5, 0.6) is 0 Å². The molecule has 1 fully saturated rings. The van der Waals surface area contributed by atoms with Crippen molar-refractivity contribution >= 4 is 21.6 Å². The molecule has 2 aliphatic rings. The van der Waals surface area contributed by atoms with Crippen molar-refractivity contribution in [3.63, 3.8) is 0 Å². The molecule has 0 spiro atoms. The number of rotatable bonds is 6. The third-order valence-corrected chi connectivity index (χ3v) is 8.09. The van der Waals surface area contributed by atoms with Crippen molar-refractivity contribution in [3.05, 3.63) is 72.0 Å². The Balaban J connectivity index is 1.45. The van der Waals surface area contributed by atoms with Crippen LogP contribution < -0.4 is 5.32 Å². The van der Waals surface area contributed by atoms with Crippen LogP contribution in [-0.4, -0.2) is 56.9 Å². The summed E-state index contributed by atoms with van der Waals surface area (Å²) in [5.41, 5.74) is 2.13. The van der Waals surface area contributed by atoms with Gasteiger partial charge >= 0.3 is 0 Å². The van der Waals surface area contributed by atoms with Crippen LogP contribution in [-0.2, 0) is 14.8 Å². The van der Waals surface area contributed by atoms with Crippen molar-refractivity contribution in [3.8, 4) is 11.3 Å². The van der Waals surface area contributed by atoms with Gasteiger partial charge < -0.3 is 19.4 Å². The number of nitrogens with one attached hydrogen (secondary N) is 1. The van der Waals surface area contributed by atoms with Crippen molar-refractivity contribution in [2.24, 2.45) is 0 Å². The Morgan fingerprint density at radius 3 is 2.53 bits per heavy atom. The van der Waals surface area contributed by atoms with Gasteiger partial charge in [0.15, 0.2) is 6.17 Å². The average molecular weight is 482 g/mol. The minimum Gasteiger partial charge on any atom is -0.457 e. The van der Waals surface area contributed by atoms with Gasteiger partial charge in [-0.05, 0) is 61.4 Å². The lowest BCUT2D eigenvalue weighted by molar-refractivity contribution is 0.0403. The molecule has 2 aliphatic heterocycles. The van der Waals surface area contributed by atoms with Crippen molar-refractivity contribution in [1.29, 1.82) is 0 Å². The highest BCUT2D eigenvalue weighted by molar-refractivity contribution is 7.89. The SMILES string of the molecule is CN(C)S(=O)(=O)c1ccc(-c2ccc(C3Nc4ccccc4C(=O)N3CC3CCCO3)o2)cc1. The molecule has 1 saturated heterocycles. The van der Waals surface area contributed by atoms with Crippen LogP contribution in [0.3, 0.4) is 0 Å². The summed E-state index contributed by atoms with van der Waals surface area (Å²) in [5, 5.41) is 3.44. The first-order valence-corrected chi connectivity index (χ1v) is 12.7. The summed E-state index contributed by atoms with van der Waals surface area (Å²) in [7, 11) is -0.502. The predicted octanol–water partition coefficient (Wildman–Crippen LogP) is 3.94. The molecule has 2 unspecified atom stereocenters. The van der Waals surface area contributed by atoms with E-state index >= 15 is 0 Å². The van der Waals surface area contributed by atoms with Gasteiger partial charge in [0.25, 0.3) is 5.91 Å². The van der Waals surface area contributed by atoms with Gasteiger partial charge in [0.1, 0.15) is 11.5 Å². The maximum atomic E-state index is 13.4. The molecule has 9 heteroatoms. The number of carbonyl (C=O) groups excluding carboxylic acids is 1. The van der Waals surface area contributed by atoms with E-state index in [1.165, 1.54) is 18.4 Å². The number of ether oxygens (including phenoxy) is 1. The quantitative estimate of drug-likeness (QED) is 0.573. The lowest BCUT2D eigenvalue weighted by Gasteiger charge is -2.37. The third-order valence-electron chi connectivity index (χ3n) is 6.26. The van der Waals surface area contributed by atoms with Gasteiger partial charge in [-0.3, -0.25) is 4.79 Å². The molecule has 8 nitrogen and oxygen atoms in total. The number of hydrogen-bond donors (Lipinski definition) is 1. The van der Waals surface area contributed by atoms with E-state index in [1.54, 1.807) is 29.2 Å². The van der Waals surface area contributed by atoms with E-state index in [0.29, 0.717) is 30.2 Å². The van der Waals surface area contributed by atoms with E-state index < -0.39 is 16.2 Å². The van der Waals surface area contributed by atoms with Gasteiger partial charge in [-0.2, -0.15) is 0 Å². The van der Waals surface area contributed by atoms with E-state index in [9.17, 15) is 13.2 Å². The molecule has 3 aromatic rings. The van der Waals surface area contributed by atoms with Crippen LogP contribution in [0.15, 0.2) is 70.0 Å². The van der Waals surface area contributed by atoms with Crippen molar-refractivity contribution < 1.29 is 22.4 Å². The zero-order chi connectivity index (χ0) is 23.9.